The van der Waals surface area contributed by atoms with Gasteiger partial charge in [-0.1, -0.05) is 23.4 Å². The van der Waals surface area contributed by atoms with Gasteiger partial charge in [0.15, 0.2) is 6.61 Å². The van der Waals surface area contributed by atoms with E-state index in [9.17, 15) is 4.39 Å². The average Bonchev–Trinajstić information content (AvgIpc) is 2.97. The summed E-state index contributed by atoms with van der Waals surface area (Å²) in [5.41, 5.74) is 6.22. The summed E-state index contributed by atoms with van der Waals surface area (Å²) in [5.74, 6) is 0.629. The maximum absolute atomic E-state index is 13.7. The Labute approximate surface area is 120 Å². The molecule has 0 saturated carbocycles. The fraction of sp³-hybridized carbons (Fsp3) is 0.0667. The third kappa shape index (κ3) is 3.00. The van der Waals surface area contributed by atoms with Crippen molar-refractivity contribution in [3.05, 3.63) is 60.2 Å². The first kappa shape index (κ1) is 13.1. The number of halogens is 1. The lowest BCUT2D eigenvalue weighted by molar-refractivity contribution is 0.287. The van der Waals surface area contributed by atoms with E-state index in [2.05, 4.69) is 10.1 Å². The summed E-state index contributed by atoms with van der Waals surface area (Å²) in [5, 5.41) is 3.76. The van der Waals surface area contributed by atoms with Crippen molar-refractivity contribution in [3.8, 4) is 17.2 Å². The zero-order valence-electron chi connectivity index (χ0n) is 11.0. The summed E-state index contributed by atoms with van der Waals surface area (Å²) in [6.45, 7) is 0.136. The lowest BCUT2D eigenvalue weighted by atomic mass is 10.2. The maximum Gasteiger partial charge on any atom is 0.261 e. The molecule has 0 bridgehead atoms. The molecule has 1 heterocycles. The van der Waals surface area contributed by atoms with Gasteiger partial charge >= 0.3 is 0 Å². The van der Waals surface area contributed by atoms with E-state index < -0.39 is 5.82 Å². The zero-order chi connectivity index (χ0) is 14.7. The van der Waals surface area contributed by atoms with Crippen LogP contribution < -0.4 is 10.5 Å². The predicted molar refractivity (Wildman–Crippen MR) is 74.9 cm³/mol. The largest absolute Gasteiger partial charge is 0.485 e. The van der Waals surface area contributed by atoms with E-state index in [0.29, 0.717) is 17.3 Å². The number of rotatable bonds is 4. The minimum absolute atomic E-state index is 0.0754. The molecule has 1 aromatic heterocycles. The fourth-order valence-corrected chi connectivity index (χ4v) is 1.79. The predicted octanol–water partition coefficient (Wildman–Crippen LogP) is 3.04. The van der Waals surface area contributed by atoms with Crippen LogP contribution in [0.4, 0.5) is 10.1 Å². The van der Waals surface area contributed by atoms with Crippen LogP contribution in [0.2, 0.25) is 0 Å². The summed E-state index contributed by atoms with van der Waals surface area (Å²) < 4.78 is 24.2. The van der Waals surface area contributed by atoms with Crippen molar-refractivity contribution in [2.75, 3.05) is 5.73 Å². The van der Waals surface area contributed by atoms with E-state index in [1.165, 1.54) is 18.2 Å². The van der Waals surface area contributed by atoms with E-state index in [1.807, 2.05) is 30.3 Å². The number of nitrogens with zero attached hydrogens (tertiary/aromatic N) is 2. The highest BCUT2D eigenvalue weighted by Crippen LogP contribution is 2.23. The first-order valence-electron chi connectivity index (χ1n) is 6.28. The van der Waals surface area contributed by atoms with Crippen LogP contribution in [0.1, 0.15) is 5.82 Å². The molecule has 2 N–H and O–H groups in total. The van der Waals surface area contributed by atoms with Crippen LogP contribution in [-0.2, 0) is 6.61 Å². The van der Waals surface area contributed by atoms with Gasteiger partial charge in [0.25, 0.3) is 5.89 Å². The van der Waals surface area contributed by atoms with Gasteiger partial charge in [-0.15, -0.1) is 0 Å². The topological polar surface area (TPSA) is 74.2 Å². The summed E-state index contributed by atoms with van der Waals surface area (Å²) in [6.07, 6.45) is 0. The van der Waals surface area contributed by atoms with Gasteiger partial charge in [0, 0.05) is 5.69 Å². The summed E-state index contributed by atoms with van der Waals surface area (Å²) in [7, 11) is 0. The van der Waals surface area contributed by atoms with Gasteiger partial charge in [-0.3, -0.25) is 0 Å². The van der Waals surface area contributed by atoms with Crippen LogP contribution in [0.25, 0.3) is 11.5 Å². The third-order valence-electron chi connectivity index (χ3n) is 2.80. The van der Waals surface area contributed by atoms with Gasteiger partial charge in [-0.05, 0) is 30.3 Å². The van der Waals surface area contributed by atoms with E-state index in [1.54, 1.807) is 0 Å². The van der Waals surface area contributed by atoms with Crippen molar-refractivity contribution in [3.63, 3.8) is 0 Å². The van der Waals surface area contributed by atoms with Gasteiger partial charge in [0.05, 0.1) is 5.56 Å². The van der Waals surface area contributed by atoms with E-state index >= 15 is 0 Å². The number of hydrogen-bond donors (Lipinski definition) is 1. The Morgan fingerprint density at radius 3 is 2.76 bits per heavy atom. The molecule has 0 radical (unpaired) electrons. The molecule has 3 aromatic rings. The van der Waals surface area contributed by atoms with E-state index in [-0.39, 0.29) is 18.1 Å². The Kier molecular flexibility index (Phi) is 3.51. The van der Waals surface area contributed by atoms with Crippen LogP contribution in [0.15, 0.2) is 53.1 Å². The Morgan fingerprint density at radius 1 is 1.14 bits per heavy atom. The summed E-state index contributed by atoms with van der Waals surface area (Å²) >= 11 is 0. The van der Waals surface area contributed by atoms with Gasteiger partial charge in [-0.2, -0.15) is 4.98 Å². The molecule has 0 saturated heterocycles. The molecule has 0 spiro atoms. The monoisotopic (exact) mass is 285 g/mol. The van der Waals surface area contributed by atoms with Crippen molar-refractivity contribution < 1.29 is 13.7 Å². The van der Waals surface area contributed by atoms with Crippen molar-refractivity contribution in [1.29, 1.82) is 0 Å². The van der Waals surface area contributed by atoms with Crippen LogP contribution >= 0.6 is 0 Å². The molecular weight excluding hydrogens is 273 g/mol. The lowest BCUT2D eigenvalue weighted by Crippen LogP contribution is -1.97. The Hall–Kier alpha value is -2.89. The Balaban J connectivity index is 1.76. The standard InChI is InChI=1S/C15H12FN3O2/c16-13-7-6-10(17)8-12(13)15-18-14(19-21-15)9-20-11-4-2-1-3-5-11/h1-8H,9,17H2. The smallest absolute Gasteiger partial charge is 0.261 e. The second-order valence-electron chi connectivity index (χ2n) is 4.36. The minimum Gasteiger partial charge on any atom is -0.485 e. The second kappa shape index (κ2) is 5.62. The fourth-order valence-electron chi connectivity index (χ4n) is 1.79. The highest BCUT2D eigenvalue weighted by molar-refractivity contribution is 5.60. The molecule has 0 aliphatic carbocycles. The first-order valence-corrected chi connectivity index (χ1v) is 6.28. The van der Waals surface area contributed by atoms with Gasteiger partial charge in [0.1, 0.15) is 11.6 Å². The first-order chi connectivity index (χ1) is 10.2. The van der Waals surface area contributed by atoms with E-state index in [0.717, 1.165) is 0 Å². The number of hydrogen-bond acceptors (Lipinski definition) is 5. The quantitative estimate of drug-likeness (QED) is 0.746. The number of aromatic nitrogens is 2. The molecular formula is C15H12FN3O2. The number of nitrogens with two attached hydrogens (primary N) is 1. The van der Waals surface area contributed by atoms with Gasteiger partial charge in [0.2, 0.25) is 5.82 Å². The van der Waals surface area contributed by atoms with Crippen molar-refractivity contribution in [2.45, 2.75) is 6.61 Å². The lowest BCUT2D eigenvalue weighted by Gasteiger charge is -2.01. The molecule has 0 aliphatic rings. The molecule has 2 aromatic carbocycles. The molecule has 0 unspecified atom stereocenters. The average molecular weight is 285 g/mol. The number of nitrogen functional groups attached to an aromatic ring is 1. The van der Waals surface area contributed by atoms with Crippen LogP contribution in [0.5, 0.6) is 5.75 Å². The van der Waals surface area contributed by atoms with Gasteiger partial charge < -0.3 is 15.0 Å². The summed E-state index contributed by atoms with van der Waals surface area (Å²) in [6, 6.07) is 13.4. The Bertz CT molecular complexity index is 744. The number of para-hydroxylation sites is 1. The molecule has 21 heavy (non-hydrogen) atoms. The molecule has 0 fully saturated rings. The van der Waals surface area contributed by atoms with E-state index in [4.69, 9.17) is 15.0 Å². The normalized spacial score (nSPS) is 10.5. The maximum atomic E-state index is 13.7. The van der Waals surface area contributed by atoms with Crippen molar-refractivity contribution in [1.82, 2.24) is 10.1 Å². The van der Waals surface area contributed by atoms with Crippen molar-refractivity contribution in [2.24, 2.45) is 0 Å². The molecule has 5 nitrogen and oxygen atoms in total. The van der Waals surface area contributed by atoms with Gasteiger partial charge in [-0.25, -0.2) is 4.39 Å². The minimum atomic E-state index is -0.469. The number of anilines is 1. The van der Waals surface area contributed by atoms with Crippen LogP contribution in [-0.4, -0.2) is 10.1 Å². The van der Waals surface area contributed by atoms with Crippen LogP contribution in [0.3, 0.4) is 0 Å². The molecule has 0 aliphatic heterocycles. The molecule has 3 rings (SSSR count). The number of ether oxygens (including phenoxy) is 1. The molecule has 0 atom stereocenters. The molecule has 6 heteroatoms. The third-order valence-corrected chi connectivity index (χ3v) is 2.80. The highest BCUT2D eigenvalue weighted by atomic mass is 19.1. The molecule has 0 amide bonds. The van der Waals surface area contributed by atoms with Crippen LogP contribution in [0, 0.1) is 5.82 Å². The highest BCUT2D eigenvalue weighted by Gasteiger charge is 2.14. The summed E-state index contributed by atoms with van der Waals surface area (Å²) in [4.78, 5) is 4.10. The molecule has 106 valence electrons. The SMILES string of the molecule is Nc1ccc(F)c(-c2nc(COc3ccccc3)no2)c1. The number of benzene rings is 2. The van der Waals surface area contributed by atoms with Crippen molar-refractivity contribution >= 4 is 5.69 Å². The Morgan fingerprint density at radius 2 is 1.95 bits per heavy atom. The zero-order valence-corrected chi connectivity index (χ0v) is 11.0. The second-order valence-corrected chi connectivity index (χ2v) is 4.36.